The van der Waals surface area contributed by atoms with E-state index in [0.29, 0.717) is 34.0 Å². The SMILES string of the molecule is COc1ncc(-c2ccc3nccc(-c4ccc(CO)cn4)c3c2)cc1NS(=O)(=O)c1ccc(F)cc1F. The zero-order chi connectivity index (χ0) is 26.9. The van der Waals surface area contributed by atoms with Gasteiger partial charge in [-0.25, -0.2) is 22.2 Å². The van der Waals surface area contributed by atoms with Gasteiger partial charge in [-0.3, -0.25) is 14.7 Å². The predicted molar refractivity (Wildman–Crippen MR) is 138 cm³/mol. The minimum Gasteiger partial charge on any atom is -0.480 e. The second-order valence-electron chi connectivity index (χ2n) is 8.26. The van der Waals surface area contributed by atoms with Crippen molar-refractivity contribution in [1.82, 2.24) is 15.0 Å². The van der Waals surface area contributed by atoms with Gasteiger partial charge in [0, 0.05) is 41.2 Å². The molecule has 0 saturated heterocycles. The zero-order valence-corrected chi connectivity index (χ0v) is 20.7. The quantitative estimate of drug-likeness (QED) is 0.304. The summed E-state index contributed by atoms with van der Waals surface area (Å²) in [5.74, 6) is -2.15. The fourth-order valence-electron chi connectivity index (χ4n) is 3.97. The molecule has 192 valence electrons. The lowest BCUT2D eigenvalue weighted by atomic mass is 10.00. The van der Waals surface area contributed by atoms with Gasteiger partial charge in [0.25, 0.3) is 10.0 Å². The van der Waals surface area contributed by atoms with Crippen LogP contribution in [0.5, 0.6) is 5.88 Å². The molecule has 0 amide bonds. The largest absolute Gasteiger partial charge is 0.480 e. The van der Waals surface area contributed by atoms with Crippen LogP contribution in [0, 0.1) is 11.6 Å². The van der Waals surface area contributed by atoms with Crippen LogP contribution in [0.25, 0.3) is 33.3 Å². The number of aromatic nitrogens is 3. The van der Waals surface area contributed by atoms with Gasteiger partial charge in [-0.1, -0.05) is 12.1 Å². The van der Waals surface area contributed by atoms with E-state index in [-0.39, 0.29) is 18.2 Å². The third-order valence-corrected chi connectivity index (χ3v) is 7.23. The fraction of sp³-hybridized carbons (Fsp3) is 0.0741. The van der Waals surface area contributed by atoms with Crippen LogP contribution in [0.4, 0.5) is 14.5 Å². The maximum Gasteiger partial charge on any atom is 0.264 e. The molecule has 8 nitrogen and oxygen atoms in total. The van der Waals surface area contributed by atoms with E-state index in [9.17, 15) is 22.3 Å². The first kappa shape index (κ1) is 25.2. The number of sulfonamides is 1. The number of anilines is 1. The molecule has 5 aromatic rings. The van der Waals surface area contributed by atoms with Crippen molar-refractivity contribution < 1.29 is 27.0 Å². The van der Waals surface area contributed by atoms with Crippen molar-refractivity contribution in [1.29, 1.82) is 0 Å². The molecule has 3 aromatic heterocycles. The van der Waals surface area contributed by atoms with Crippen LogP contribution < -0.4 is 9.46 Å². The Balaban J connectivity index is 1.57. The Morgan fingerprint density at radius 1 is 0.921 bits per heavy atom. The molecular weight excluding hydrogens is 514 g/mol. The number of nitrogens with one attached hydrogen (secondary N) is 1. The molecule has 2 N–H and O–H groups in total. The Labute approximate surface area is 216 Å². The van der Waals surface area contributed by atoms with Gasteiger partial charge in [0.1, 0.15) is 22.2 Å². The van der Waals surface area contributed by atoms with Gasteiger partial charge in [0.05, 0.1) is 24.9 Å². The highest BCUT2D eigenvalue weighted by Crippen LogP contribution is 2.34. The van der Waals surface area contributed by atoms with Gasteiger partial charge in [0.2, 0.25) is 5.88 Å². The highest BCUT2D eigenvalue weighted by molar-refractivity contribution is 7.92. The average Bonchev–Trinajstić information content (AvgIpc) is 2.92. The number of fused-ring (bicyclic) bond motifs is 1. The summed E-state index contributed by atoms with van der Waals surface area (Å²) >= 11 is 0. The third-order valence-electron chi connectivity index (χ3n) is 5.83. The van der Waals surface area contributed by atoms with Gasteiger partial charge in [-0.2, -0.15) is 0 Å². The molecule has 38 heavy (non-hydrogen) atoms. The predicted octanol–water partition coefficient (Wildman–Crippen LogP) is 4.94. The second kappa shape index (κ2) is 10.1. The number of ether oxygens (including phenoxy) is 1. The number of hydrogen-bond acceptors (Lipinski definition) is 7. The van der Waals surface area contributed by atoms with Crippen LogP contribution in [-0.2, 0) is 16.6 Å². The summed E-state index contributed by atoms with van der Waals surface area (Å²) in [6.45, 7) is -0.112. The van der Waals surface area contributed by atoms with Crippen LogP contribution in [0.15, 0.2) is 84.1 Å². The molecular formula is C27H20F2N4O4S. The first-order valence-corrected chi connectivity index (χ1v) is 12.7. The Morgan fingerprint density at radius 3 is 2.47 bits per heavy atom. The number of benzene rings is 2. The lowest BCUT2D eigenvalue weighted by Gasteiger charge is -2.14. The van der Waals surface area contributed by atoms with Crippen LogP contribution in [0.3, 0.4) is 0 Å². The van der Waals surface area contributed by atoms with E-state index in [4.69, 9.17) is 4.74 Å². The lowest BCUT2D eigenvalue weighted by Crippen LogP contribution is -2.15. The van der Waals surface area contributed by atoms with Gasteiger partial charge < -0.3 is 9.84 Å². The minimum absolute atomic E-state index is 0.0264. The van der Waals surface area contributed by atoms with E-state index in [0.717, 1.165) is 23.1 Å². The number of hydrogen-bond donors (Lipinski definition) is 2. The van der Waals surface area contributed by atoms with Crippen molar-refractivity contribution in [2.45, 2.75) is 11.5 Å². The molecule has 0 aliphatic heterocycles. The third kappa shape index (κ3) is 4.89. The highest BCUT2D eigenvalue weighted by Gasteiger charge is 2.22. The van der Waals surface area contributed by atoms with Crippen molar-refractivity contribution >= 4 is 26.6 Å². The maximum absolute atomic E-state index is 14.2. The summed E-state index contributed by atoms with van der Waals surface area (Å²) in [6.07, 6.45) is 4.79. The minimum atomic E-state index is -4.42. The summed E-state index contributed by atoms with van der Waals surface area (Å²) in [7, 11) is -3.10. The van der Waals surface area contributed by atoms with E-state index in [1.54, 1.807) is 18.5 Å². The molecule has 2 aromatic carbocycles. The van der Waals surface area contributed by atoms with Gasteiger partial charge in [-0.05, 0) is 53.6 Å². The smallest absolute Gasteiger partial charge is 0.264 e. The number of methoxy groups -OCH3 is 1. The van der Waals surface area contributed by atoms with Crippen molar-refractivity contribution in [3.8, 4) is 28.3 Å². The van der Waals surface area contributed by atoms with E-state index in [2.05, 4.69) is 19.7 Å². The Morgan fingerprint density at radius 2 is 1.76 bits per heavy atom. The molecule has 0 aliphatic rings. The Hall–Kier alpha value is -4.48. The van der Waals surface area contributed by atoms with Gasteiger partial charge >= 0.3 is 0 Å². The molecule has 3 heterocycles. The van der Waals surface area contributed by atoms with Crippen molar-refractivity contribution in [2.24, 2.45) is 0 Å². The summed E-state index contributed by atoms with van der Waals surface area (Å²) in [4.78, 5) is 12.4. The van der Waals surface area contributed by atoms with Crippen LogP contribution >= 0.6 is 0 Å². The molecule has 0 saturated carbocycles. The summed E-state index contributed by atoms with van der Waals surface area (Å²) in [5, 5.41) is 10.1. The molecule has 0 radical (unpaired) electrons. The standard InChI is InChI=1S/C27H20F2N4O4S/c1-37-27-25(33-38(35,36)26-7-4-19(28)12-22(26)29)11-18(14-32-27)17-3-6-24-21(10-17)20(8-9-30-24)23-5-2-16(15-34)13-31-23/h2-14,33-34H,15H2,1H3. The van der Waals surface area contributed by atoms with E-state index in [1.807, 2.05) is 30.3 Å². The summed E-state index contributed by atoms with van der Waals surface area (Å²) in [6, 6.07) is 14.6. The number of pyridine rings is 3. The van der Waals surface area contributed by atoms with Crippen molar-refractivity contribution in [3.05, 3.63) is 96.5 Å². The fourth-order valence-corrected chi connectivity index (χ4v) is 5.07. The van der Waals surface area contributed by atoms with E-state index in [1.165, 1.54) is 19.4 Å². The molecule has 5 rings (SSSR count). The number of aliphatic hydroxyl groups excluding tert-OH is 1. The van der Waals surface area contributed by atoms with Crippen molar-refractivity contribution in [2.75, 3.05) is 11.8 Å². The Kier molecular flexibility index (Phi) is 6.70. The molecule has 0 atom stereocenters. The number of halogens is 2. The van der Waals surface area contributed by atoms with Crippen LogP contribution in [0.2, 0.25) is 0 Å². The monoisotopic (exact) mass is 534 g/mol. The maximum atomic E-state index is 14.2. The lowest BCUT2D eigenvalue weighted by molar-refractivity contribution is 0.281. The molecule has 0 fully saturated rings. The Bertz CT molecular complexity index is 1760. The van der Waals surface area contributed by atoms with E-state index < -0.39 is 26.6 Å². The molecule has 0 bridgehead atoms. The zero-order valence-electron chi connectivity index (χ0n) is 19.9. The summed E-state index contributed by atoms with van der Waals surface area (Å²) in [5.41, 5.74) is 4.12. The van der Waals surface area contributed by atoms with Crippen LogP contribution in [-0.4, -0.2) is 35.6 Å². The molecule has 0 unspecified atom stereocenters. The normalized spacial score (nSPS) is 11.5. The highest BCUT2D eigenvalue weighted by atomic mass is 32.2. The first-order chi connectivity index (χ1) is 18.3. The van der Waals surface area contributed by atoms with Gasteiger partial charge in [0.15, 0.2) is 0 Å². The first-order valence-electron chi connectivity index (χ1n) is 11.3. The topological polar surface area (TPSA) is 114 Å². The van der Waals surface area contributed by atoms with Crippen LogP contribution in [0.1, 0.15) is 5.56 Å². The molecule has 11 heteroatoms. The molecule has 0 spiro atoms. The average molecular weight is 535 g/mol. The number of rotatable bonds is 7. The number of aliphatic hydroxyl groups is 1. The summed E-state index contributed by atoms with van der Waals surface area (Å²) < 4.78 is 60.8. The second-order valence-corrected chi connectivity index (χ2v) is 9.91. The number of nitrogens with zero attached hydrogens (tertiary/aromatic N) is 3. The molecule has 0 aliphatic carbocycles. The van der Waals surface area contributed by atoms with E-state index >= 15 is 0 Å². The van der Waals surface area contributed by atoms with Gasteiger partial charge in [-0.15, -0.1) is 0 Å². The van der Waals surface area contributed by atoms with Crippen molar-refractivity contribution in [3.63, 3.8) is 0 Å².